The molecule has 0 aliphatic heterocycles. The Kier molecular flexibility index (Phi) is 4.02. The number of aromatic nitrogens is 3. The second kappa shape index (κ2) is 6.12. The highest BCUT2D eigenvalue weighted by atomic mass is 16.1. The number of nitrogens with zero attached hydrogens (tertiary/aromatic N) is 3. The van der Waals surface area contributed by atoms with Crippen LogP contribution in [0.3, 0.4) is 0 Å². The third-order valence-electron chi connectivity index (χ3n) is 3.50. The second-order valence-electron chi connectivity index (χ2n) is 5.85. The summed E-state index contributed by atoms with van der Waals surface area (Å²) in [6.07, 6.45) is 5.44. The maximum atomic E-state index is 12.5. The third-order valence-corrected chi connectivity index (χ3v) is 3.50. The number of nitrogens with one attached hydrogen (secondary N) is 1. The van der Waals surface area contributed by atoms with Crippen LogP contribution in [0.2, 0.25) is 0 Å². The summed E-state index contributed by atoms with van der Waals surface area (Å²) in [7, 11) is 0. The summed E-state index contributed by atoms with van der Waals surface area (Å²) in [4.78, 5) is 12.5. The Morgan fingerprint density at radius 2 is 1.91 bits per heavy atom. The van der Waals surface area contributed by atoms with Gasteiger partial charge in [-0.2, -0.15) is 5.10 Å². The highest BCUT2D eigenvalue weighted by molar-refractivity contribution is 5.97. The van der Waals surface area contributed by atoms with Crippen molar-refractivity contribution in [1.29, 1.82) is 0 Å². The van der Waals surface area contributed by atoms with Crippen molar-refractivity contribution >= 4 is 5.91 Å². The van der Waals surface area contributed by atoms with Gasteiger partial charge in [-0.15, -0.1) is 0 Å². The molecule has 0 spiro atoms. The second-order valence-corrected chi connectivity index (χ2v) is 5.85. The smallest absolute Gasteiger partial charge is 0.256 e. The molecule has 0 aliphatic carbocycles. The lowest BCUT2D eigenvalue weighted by Crippen LogP contribution is -2.30. The fourth-order valence-electron chi connectivity index (χ4n) is 2.51. The zero-order chi connectivity index (χ0) is 16.4. The van der Waals surface area contributed by atoms with Crippen LogP contribution in [0.25, 0.3) is 11.5 Å². The Morgan fingerprint density at radius 3 is 2.57 bits per heavy atom. The molecule has 5 heteroatoms. The highest BCUT2D eigenvalue weighted by Crippen LogP contribution is 2.20. The van der Waals surface area contributed by atoms with Gasteiger partial charge in [-0.1, -0.05) is 12.1 Å². The number of hydrogen-bond acceptors (Lipinski definition) is 2. The molecule has 23 heavy (non-hydrogen) atoms. The van der Waals surface area contributed by atoms with Crippen molar-refractivity contribution in [3.05, 3.63) is 66.1 Å². The Labute approximate surface area is 135 Å². The Hall–Kier alpha value is -2.82. The molecule has 3 aromatic rings. The predicted octanol–water partition coefficient (Wildman–Crippen LogP) is 3.11. The quantitative estimate of drug-likeness (QED) is 0.805. The molecule has 0 atom stereocenters. The fourth-order valence-corrected chi connectivity index (χ4v) is 2.51. The van der Waals surface area contributed by atoms with Gasteiger partial charge in [0.2, 0.25) is 0 Å². The van der Waals surface area contributed by atoms with Gasteiger partial charge in [0.15, 0.2) is 5.82 Å². The molecule has 2 heterocycles. The molecule has 0 saturated carbocycles. The topological polar surface area (TPSA) is 51.9 Å². The van der Waals surface area contributed by atoms with Crippen LogP contribution in [-0.2, 0) is 0 Å². The Morgan fingerprint density at radius 1 is 1.17 bits per heavy atom. The molecule has 0 aliphatic rings. The minimum Gasteiger partial charge on any atom is -0.350 e. The lowest BCUT2D eigenvalue weighted by molar-refractivity contribution is 0.0943. The van der Waals surface area contributed by atoms with Gasteiger partial charge in [0.05, 0.1) is 11.9 Å². The SMILES string of the molecule is Cc1cccc(-n2ncc(C(=O)NC(C)C)c2-n2cccc2)c1. The first kappa shape index (κ1) is 15.1. The molecule has 118 valence electrons. The van der Waals surface area contributed by atoms with Crippen LogP contribution >= 0.6 is 0 Å². The summed E-state index contributed by atoms with van der Waals surface area (Å²) < 4.78 is 3.70. The molecule has 0 radical (unpaired) electrons. The molecule has 2 aromatic heterocycles. The number of amides is 1. The van der Waals surface area contributed by atoms with Crippen LogP contribution in [0.5, 0.6) is 0 Å². The Bertz CT molecular complexity index is 815. The van der Waals surface area contributed by atoms with Crippen molar-refractivity contribution in [2.45, 2.75) is 26.8 Å². The summed E-state index contributed by atoms with van der Waals surface area (Å²) >= 11 is 0. The van der Waals surface area contributed by atoms with Crippen molar-refractivity contribution in [2.75, 3.05) is 0 Å². The molecule has 1 amide bonds. The number of carbonyl (C=O) groups excluding carboxylic acids is 1. The molecule has 0 bridgehead atoms. The number of hydrogen-bond donors (Lipinski definition) is 1. The van der Waals surface area contributed by atoms with Crippen LogP contribution in [0, 0.1) is 6.92 Å². The van der Waals surface area contributed by atoms with Gasteiger partial charge in [0.25, 0.3) is 5.91 Å². The van der Waals surface area contributed by atoms with Crippen LogP contribution in [-0.4, -0.2) is 26.3 Å². The monoisotopic (exact) mass is 308 g/mol. The summed E-state index contributed by atoms with van der Waals surface area (Å²) in [6, 6.07) is 12.0. The van der Waals surface area contributed by atoms with Gasteiger partial charge in [-0.3, -0.25) is 4.79 Å². The average molecular weight is 308 g/mol. The van der Waals surface area contributed by atoms with E-state index in [1.54, 1.807) is 10.9 Å². The standard InChI is InChI=1S/C18H20N4O/c1-13(2)20-17(23)16-12-19-22(15-8-6-7-14(3)11-15)18(16)21-9-4-5-10-21/h4-13H,1-3H3,(H,20,23). The molecule has 0 fully saturated rings. The Balaban J connectivity index is 2.14. The first-order valence-corrected chi connectivity index (χ1v) is 7.65. The molecule has 1 N–H and O–H groups in total. The number of aryl methyl sites for hydroxylation is 1. The normalized spacial score (nSPS) is 11.0. The minimum atomic E-state index is -0.123. The van der Waals surface area contributed by atoms with E-state index in [9.17, 15) is 4.79 Å². The van der Waals surface area contributed by atoms with Crippen molar-refractivity contribution in [2.24, 2.45) is 0 Å². The van der Waals surface area contributed by atoms with E-state index >= 15 is 0 Å². The van der Waals surface area contributed by atoms with Crippen LogP contribution < -0.4 is 5.32 Å². The number of rotatable bonds is 4. The van der Waals surface area contributed by atoms with Crippen LogP contribution in [0.4, 0.5) is 0 Å². The van der Waals surface area contributed by atoms with Crippen molar-refractivity contribution in [3.8, 4) is 11.5 Å². The van der Waals surface area contributed by atoms with Gasteiger partial charge in [-0.25, -0.2) is 4.68 Å². The molecule has 0 saturated heterocycles. The average Bonchev–Trinajstić information content (AvgIpc) is 3.15. The maximum absolute atomic E-state index is 12.5. The molecule has 5 nitrogen and oxygen atoms in total. The lowest BCUT2D eigenvalue weighted by atomic mass is 10.2. The van der Waals surface area contributed by atoms with Gasteiger partial charge in [0.1, 0.15) is 5.56 Å². The molecular formula is C18H20N4O. The first-order chi connectivity index (χ1) is 11.1. The maximum Gasteiger partial charge on any atom is 0.256 e. The molecular weight excluding hydrogens is 288 g/mol. The van der Waals surface area contributed by atoms with E-state index in [-0.39, 0.29) is 11.9 Å². The zero-order valence-corrected chi connectivity index (χ0v) is 13.5. The summed E-state index contributed by atoms with van der Waals surface area (Å²) in [6.45, 7) is 5.92. The molecule has 1 aromatic carbocycles. The summed E-state index contributed by atoms with van der Waals surface area (Å²) in [5.74, 6) is 0.612. The van der Waals surface area contributed by atoms with E-state index in [1.807, 2.05) is 74.1 Å². The van der Waals surface area contributed by atoms with E-state index in [0.29, 0.717) is 5.56 Å². The van der Waals surface area contributed by atoms with Gasteiger partial charge < -0.3 is 9.88 Å². The van der Waals surface area contributed by atoms with Gasteiger partial charge in [0, 0.05) is 18.4 Å². The largest absolute Gasteiger partial charge is 0.350 e. The predicted molar refractivity (Wildman–Crippen MR) is 90.2 cm³/mol. The highest BCUT2D eigenvalue weighted by Gasteiger charge is 2.20. The number of carbonyl (C=O) groups is 1. The first-order valence-electron chi connectivity index (χ1n) is 7.65. The molecule has 0 unspecified atom stereocenters. The minimum absolute atomic E-state index is 0.0716. The van der Waals surface area contributed by atoms with Crippen molar-refractivity contribution < 1.29 is 4.79 Å². The zero-order valence-electron chi connectivity index (χ0n) is 13.5. The third kappa shape index (κ3) is 3.04. The summed E-state index contributed by atoms with van der Waals surface area (Å²) in [5.41, 5.74) is 2.62. The summed E-state index contributed by atoms with van der Waals surface area (Å²) in [5, 5.41) is 7.38. The van der Waals surface area contributed by atoms with Gasteiger partial charge in [-0.05, 0) is 50.6 Å². The van der Waals surface area contributed by atoms with E-state index < -0.39 is 0 Å². The van der Waals surface area contributed by atoms with E-state index in [0.717, 1.165) is 17.1 Å². The van der Waals surface area contributed by atoms with Crippen LogP contribution in [0.15, 0.2) is 55.0 Å². The van der Waals surface area contributed by atoms with E-state index in [1.165, 1.54) is 0 Å². The van der Waals surface area contributed by atoms with Gasteiger partial charge >= 0.3 is 0 Å². The molecule has 3 rings (SSSR count). The van der Waals surface area contributed by atoms with Crippen molar-refractivity contribution in [1.82, 2.24) is 19.7 Å². The van der Waals surface area contributed by atoms with Crippen LogP contribution in [0.1, 0.15) is 29.8 Å². The van der Waals surface area contributed by atoms with Crippen molar-refractivity contribution in [3.63, 3.8) is 0 Å². The fraction of sp³-hybridized carbons (Fsp3) is 0.222. The number of benzene rings is 1. The van der Waals surface area contributed by atoms with E-state index in [2.05, 4.69) is 10.4 Å². The van der Waals surface area contributed by atoms with E-state index in [4.69, 9.17) is 0 Å². The lowest BCUT2D eigenvalue weighted by Gasteiger charge is -2.12.